The summed E-state index contributed by atoms with van der Waals surface area (Å²) >= 11 is 11.9. The van der Waals surface area contributed by atoms with Gasteiger partial charge in [-0.25, -0.2) is 0 Å². The molecule has 1 amide bonds. The minimum atomic E-state index is -0.215. The van der Waals surface area contributed by atoms with Gasteiger partial charge in [0.25, 0.3) is 0 Å². The Morgan fingerprint density at radius 2 is 2.00 bits per heavy atom. The lowest BCUT2D eigenvalue weighted by atomic mass is 10.2. The van der Waals surface area contributed by atoms with Crippen molar-refractivity contribution >= 4 is 40.5 Å². The third-order valence-corrected chi connectivity index (χ3v) is 3.97. The van der Waals surface area contributed by atoms with E-state index in [0.717, 1.165) is 17.9 Å². The Morgan fingerprint density at radius 3 is 2.75 bits per heavy atom. The summed E-state index contributed by atoms with van der Waals surface area (Å²) in [6, 6.07) is 12.4. The van der Waals surface area contributed by atoms with Crippen molar-refractivity contribution in [3.63, 3.8) is 0 Å². The molecule has 6 heteroatoms. The fraction of sp³-hybridized carbons (Fsp3) is 0.278. The van der Waals surface area contributed by atoms with Gasteiger partial charge in [0.05, 0.1) is 23.4 Å². The molecule has 0 saturated heterocycles. The molecular formula is C18H20Cl2N2O2. The van der Waals surface area contributed by atoms with E-state index in [-0.39, 0.29) is 18.6 Å². The predicted octanol–water partition coefficient (Wildman–Crippen LogP) is 5.22. The van der Waals surface area contributed by atoms with Crippen LogP contribution in [0.1, 0.15) is 20.3 Å². The van der Waals surface area contributed by atoms with E-state index in [2.05, 4.69) is 17.6 Å². The highest BCUT2D eigenvalue weighted by molar-refractivity contribution is 6.35. The molecule has 0 fully saturated rings. The summed E-state index contributed by atoms with van der Waals surface area (Å²) in [5, 5.41) is 6.74. The molecule has 4 nitrogen and oxygen atoms in total. The van der Waals surface area contributed by atoms with E-state index in [4.69, 9.17) is 27.9 Å². The average Bonchev–Trinajstić information content (AvgIpc) is 2.56. The number of ether oxygens (including phenoxy) is 1. The second kappa shape index (κ2) is 8.81. The van der Waals surface area contributed by atoms with Gasteiger partial charge in [0.15, 0.2) is 0 Å². The first-order valence-electron chi connectivity index (χ1n) is 7.73. The van der Waals surface area contributed by atoms with Gasteiger partial charge in [0, 0.05) is 16.8 Å². The maximum Gasteiger partial charge on any atom is 0.243 e. The number of anilines is 2. The van der Waals surface area contributed by atoms with Crippen LogP contribution in [-0.4, -0.2) is 18.6 Å². The number of carbonyl (C=O) groups excluding carboxylic acids is 1. The second-order valence-corrected chi connectivity index (χ2v) is 6.23. The van der Waals surface area contributed by atoms with Gasteiger partial charge in [-0.3, -0.25) is 4.79 Å². The molecule has 0 aliphatic rings. The lowest BCUT2D eigenvalue weighted by Gasteiger charge is -2.14. The van der Waals surface area contributed by atoms with Crippen molar-refractivity contribution in [3.8, 4) is 5.75 Å². The van der Waals surface area contributed by atoms with Crippen LogP contribution in [0.25, 0.3) is 0 Å². The number of hydrogen-bond acceptors (Lipinski definition) is 3. The van der Waals surface area contributed by atoms with Gasteiger partial charge < -0.3 is 15.4 Å². The number of rotatable bonds is 7. The van der Waals surface area contributed by atoms with Gasteiger partial charge in [-0.2, -0.15) is 0 Å². The van der Waals surface area contributed by atoms with Crippen molar-refractivity contribution in [2.45, 2.75) is 26.4 Å². The molecule has 1 atom stereocenters. The van der Waals surface area contributed by atoms with E-state index in [1.165, 1.54) is 0 Å². The normalized spacial score (nSPS) is 11.7. The molecule has 2 rings (SSSR count). The van der Waals surface area contributed by atoms with Crippen molar-refractivity contribution in [2.24, 2.45) is 0 Å². The maximum atomic E-state index is 12.1. The number of amides is 1. The Morgan fingerprint density at radius 1 is 1.21 bits per heavy atom. The van der Waals surface area contributed by atoms with Crippen molar-refractivity contribution in [1.29, 1.82) is 0 Å². The molecule has 2 aromatic rings. The summed E-state index contributed by atoms with van der Waals surface area (Å²) in [6.45, 7) is 4.19. The van der Waals surface area contributed by atoms with Crippen molar-refractivity contribution in [2.75, 3.05) is 17.2 Å². The number of benzene rings is 2. The first kappa shape index (κ1) is 18.4. The minimum absolute atomic E-state index is 0.107. The predicted molar refractivity (Wildman–Crippen MR) is 100 cm³/mol. The third-order valence-electron chi connectivity index (χ3n) is 3.40. The minimum Gasteiger partial charge on any atom is -0.491 e. The van der Waals surface area contributed by atoms with Crippen LogP contribution in [0.5, 0.6) is 5.75 Å². The van der Waals surface area contributed by atoms with Crippen LogP contribution in [0.15, 0.2) is 42.5 Å². The highest BCUT2D eigenvalue weighted by Gasteiger charge is 2.07. The lowest BCUT2D eigenvalue weighted by Crippen LogP contribution is -2.22. The molecule has 0 heterocycles. The SMILES string of the molecule is CCC(C)Oc1cccc(NCC(=O)Nc2cc(Cl)ccc2Cl)c1. The highest BCUT2D eigenvalue weighted by atomic mass is 35.5. The summed E-state index contributed by atoms with van der Waals surface area (Å²) in [7, 11) is 0. The molecule has 24 heavy (non-hydrogen) atoms. The van der Waals surface area contributed by atoms with E-state index in [1.54, 1.807) is 18.2 Å². The van der Waals surface area contributed by atoms with Crippen LogP contribution in [0.4, 0.5) is 11.4 Å². The average molecular weight is 367 g/mol. The topological polar surface area (TPSA) is 50.4 Å². The molecule has 0 aromatic heterocycles. The van der Waals surface area contributed by atoms with E-state index in [0.29, 0.717) is 15.7 Å². The Bertz CT molecular complexity index is 707. The Labute approximate surface area is 152 Å². The molecule has 2 N–H and O–H groups in total. The quantitative estimate of drug-likeness (QED) is 0.705. The summed E-state index contributed by atoms with van der Waals surface area (Å²) < 4.78 is 5.76. The standard InChI is InChI=1S/C18H20Cl2N2O2/c1-3-12(2)24-15-6-4-5-14(10-15)21-11-18(23)22-17-9-13(19)7-8-16(17)20/h4-10,12,21H,3,11H2,1-2H3,(H,22,23). The van der Waals surface area contributed by atoms with Gasteiger partial charge in [0.1, 0.15) is 5.75 Å². The van der Waals surface area contributed by atoms with E-state index in [9.17, 15) is 4.79 Å². The Balaban J connectivity index is 1.92. The molecule has 1 unspecified atom stereocenters. The van der Waals surface area contributed by atoms with Crippen LogP contribution >= 0.6 is 23.2 Å². The summed E-state index contributed by atoms with van der Waals surface area (Å²) in [5.74, 6) is 0.556. The zero-order chi connectivity index (χ0) is 17.5. The van der Waals surface area contributed by atoms with Gasteiger partial charge in [-0.05, 0) is 43.7 Å². The zero-order valence-electron chi connectivity index (χ0n) is 13.6. The monoisotopic (exact) mass is 366 g/mol. The molecule has 0 aliphatic heterocycles. The van der Waals surface area contributed by atoms with Crippen molar-refractivity contribution in [3.05, 3.63) is 52.5 Å². The van der Waals surface area contributed by atoms with E-state index in [1.807, 2.05) is 31.2 Å². The molecule has 0 radical (unpaired) electrons. The van der Waals surface area contributed by atoms with Crippen molar-refractivity contribution in [1.82, 2.24) is 0 Å². The fourth-order valence-electron chi connectivity index (χ4n) is 1.97. The number of hydrogen-bond donors (Lipinski definition) is 2. The first-order chi connectivity index (χ1) is 11.5. The van der Waals surface area contributed by atoms with Crippen LogP contribution in [-0.2, 0) is 4.79 Å². The first-order valence-corrected chi connectivity index (χ1v) is 8.49. The zero-order valence-corrected chi connectivity index (χ0v) is 15.1. The summed E-state index contributed by atoms with van der Waals surface area (Å²) in [5.41, 5.74) is 1.30. The van der Waals surface area contributed by atoms with Gasteiger partial charge in [0.2, 0.25) is 5.91 Å². The fourth-order valence-corrected chi connectivity index (χ4v) is 2.30. The third kappa shape index (κ3) is 5.62. The van der Waals surface area contributed by atoms with Crippen LogP contribution in [0.3, 0.4) is 0 Å². The summed E-state index contributed by atoms with van der Waals surface area (Å²) in [4.78, 5) is 12.1. The summed E-state index contributed by atoms with van der Waals surface area (Å²) in [6.07, 6.45) is 1.08. The lowest BCUT2D eigenvalue weighted by molar-refractivity contribution is -0.114. The van der Waals surface area contributed by atoms with Gasteiger partial charge >= 0.3 is 0 Å². The molecule has 0 saturated carbocycles. The maximum absolute atomic E-state index is 12.1. The van der Waals surface area contributed by atoms with E-state index >= 15 is 0 Å². The highest BCUT2D eigenvalue weighted by Crippen LogP contribution is 2.25. The Kier molecular flexibility index (Phi) is 6.76. The molecule has 0 spiro atoms. The van der Waals surface area contributed by atoms with Gasteiger partial charge in [-0.1, -0.05) is 36.2 Å². The van der Waals surface area contributed by atoms with E-state index < -0.39 is 0 Å². The number of halogens is 2. The largest absolute Gasteiger partial charge is 0.491 e. The Hall–Kier alpha value is -1.91. The van der Waals surface area contributed by atoms with Crippen LogP contribution < -0.4 is 15.4 Å². The van der Waals surface area contributed by atoms with Gasteiger partial charge in [-0.15, -0.1) is 0 Å². The molecule has 128 valence electrons. The molecule has 0 aliphatic carbocycles. The smallest absolute Gasteiger partial charge is 0.243 e. The molecular weight excluding hydrogens is 347 g/mol. The number of nitrogens with one attached hydrogen (secondary N) is 2. The van der Waals surface area contributed by atoms with Crippen LogP contribution in [0, 0.1) is 0 Å². The van der Waals surface area contributed by atoms with Crippen molar-refractivity contribution < 1.29 is 9.53 Å². The second-order valence-electron chi connectivity index (χ2n) is 5.39. The molecule has 0 bridgehead atoms. The number of carbonyl (C=O) groups is 1. The van der Waals surface area contributed by atoms with Crippen LogP contribution in [0.2, 0.25) is 10.0 Å². The molecule has 2 aromatic carbocycles.